The maximum Gasteiger partial charge on any atom is 0.110 e. The Morgan fingerprint density at radius 2 is 2.28 bits per heavy atom. The normalized spacial score (nSPS) is 20.6. The molecular formula is C14H17N3O. The van der Waals surface area contributed by atoms with E-state index in [1.807, 2.05) is 12.1 Å². The zero-order chi connectivity index (χ0) is 12.5. The van der Waals surface area contributed by atoms with Gasteiger partial charge in [0.05, 0.1) is 5.52 Å². The van der Waals surface area contributed by atoms with E-state index in [1.165, 1.54) is 18.4 Å². The van der Waals surface area contributed by atoms with Gasteiger partial charge in [-0.25, -0.2) is 0 Å². The molecule has 0 spiro atoms. The molecule has 1 saturated heterocycles. The van der Waals surface area contributed by atoms with Gasteiger partial charge in [-0.2, -0.15) is 0 Å². The van der Waals surface area contributed by atoms with E-state index >= 15 is 0 Å². The molecule has 3 rings (SSSR count). The zero-order valence-corrected chi connectivity index (χ0v) is 10.5. The minimum Gasteiger partial charge on any atom is -0.347 e. The van der Waals surface area contributed by atoms with Crippen molar-refractivity contribution in [3.63, 3.8) is 0 Å². The summed E-state index contributed by atoms with van der Waals surface area (Å²) in [5.74, 6) is 0.707. The molecule has 1 aliphatic heterocycles. The summed E-state index contributed by atoms with van der Waals surface area (Å²) in [6.07, 6.45) is 3.36. The molecule has 1 aliphatic rings. The van der Waals surface area contributed by atoms with Crippen LogP contribution in [0.3, 0.4) is 0 Å². The summed E-state index contributed by atoms with van der Waals surface area (Å²) in [6, 6.07) is 7.70. The predicted molar refractivity (Wildman–Crippen MR) is 73.0 cm³/mol. The number of fused-ring (bicyclic) bond motifs is 1. The Morgan fingerprint density at radius 1 is 1.39 bits per heavy atom. The molecule has 1 aromatic carbocycles. The molecule has 94 valence electrons. The van der Waals surface area contributed by atoms with E-state index in [4.69, 9.17) is 0 Å². The molecular weight excluding hydrogens is 226 g/mol. The van der Waals surface area contributed by atoms with Gasteiger partial charge in [-0.3, -0.25) is 0 Å². The number of nitroso groups, excluding NO2 is 1. The molecule has 0 radical (unpaired) electrons. The van der Waals surface area contributed by atoms with Crippen LogP contribution in [-0.2, 0) is 6.54 Å². The second kappa shape index (κ2) is 4.53. The van der Waals surface area contributed by atoms with Crippen molar-refractivity contribution in [2.45, 2.75) is 13.0 Å². The largest absolute Gasteiger partial charge is 0.347 e. The highest BCUT2D eigenvalue weighted by molar-refractivity contribution is 5.83. The Labute approximate surface area is 106 Å². The zero-order valence-electron chi connectivity index (χ0n) is 10.5. The van der Waals surface area contributed by atoms with Crippen LogP contribution in [-0.4, -0.2) is 29.6 Å². The van der Waals surface area contributed by atoms with Crippen molar-refractivity contribution in [1.82, 2.24) is 9.47 Å². The molecule has 18 heavy (non-hydrogen) atoms. The molecule has 2 heterocycles. The van der Waals surface area contributed by atoms with Crippen LogP contribution in [0, 0.1) is 10.8 Å². The van der Waals surface area contributed by atoms with Crippen molar-refractivity contribution in [2.24, 2.45) is 11.1 Å². The van der Waals surface area contributed by atoms with E-state index in [0.717, 1.165) is 18.6 Å². The lowest BCUT2D eigenvalue weighted by molar-refractivity contribution is 0.380. The first kappa shape index (κ1) is 11.4. The lowest BCUT2D eigenvalue weighted by atomic mass is 10.1. The van der Waals surface area contributed by atoms with Gasteiger partial charge in [-0.1, -0.05) is 6.07 Å². The van der Waals surface area contributed by atoms with Crippen LogP contribution in [0.4, 0.5) is 5.69 Å². The molecule has 0 saturated carbocycles. The number of likely N-dealkylation sites (tertiary alicyclic amines) is 1. The molecule has 2 aromatic rings. The number of benzene rings is 1. The third-order valence-corrected chi connectivity index (χ3v) is 3.81. The summed E-state index contributed by atoms with van der Waals surface area (Å²) in [5, 5.41) is 4.19. The predicted octanol–water partition coefficient (Wildman–Crippen LogP) is 2.99. The maximum atomic E-state index is 10.6. The molecule has 1 fully saturated rings. The van der Waals surface area contributed by atoms with Crippen LogP contribution < -0.4 is 0 Å². The summed E-state index contributed by atoms with van der Waals surface area (Å²) in [5.41, 5.74) is 1.62. The Bertz CT molecular complexity index is 575. The standard InChI is InChI=1S/C14H17N3O/c1-16-6-4-11(9-16)10-17-7-5-12-2-3-13(15-18)8-14(12)17/h2-3,5,7-8,11H,4,6,9-10H2,1H3. The van der Waals surface area contributed by atoms with E-state index in [2.05, 4.69) is 34.0 Å². The summed E-state index contributed by atoms with van der Waals surface area (Å²) in [4.78, 5) is 13.0. The van der Waals surface area contributed by atoms with Crippen molar-refractivity contribution in [3.05, 3.63) is 35.4 Å². The van der Waals surface area contributed by atoms with Gasteiger partial charge in [0, 0.05) is 19.3 Å². The Morgan fingerprint density at radius 3 is 3.00 bits per heavy atom. The SMILES string of the molecule is CN1CCC(Cn2ccc3ccc(N=O)cc32)C1. The number of hydrogen-bond donors (Lipinski definition) is 0. The number of aromatic nitrogens is 1. The first-order chi connectivity index (χ1) is 8.76. The maximum absolute atomic E-state index is 10.6. The smallest absolute Gasteiger partial charge is 0.110 e. The van der Waals surface area contributed by atoms with E-state index < -0.39 is 0 Å². The second-order valence-electron chi connectivity index (χ2n) is 5.22. The van der Waals surface area contributed by atoms with E-state index in [1.54, 1.807) is 6.07 Å². The molecule has 0 N–H and O–H groups in total. The quantitative estimate of drug-likeness (QED) is 0.777. The van der Waals surface area contributed by atoms with Gasteiger partial charge in [-0.05, 0) is 54.7 Å². The van der Waals surface area contributed by atoms with Crippen molar-refractivity contribution in [2.75, 3.05) is 20.1 Å². The monoisotopic (exact) mass is 243 g/mol. The highest BCUT2D eigenvalue weighted by Gasteiger charge is 2.20. The van der Waals surface area contributed by atoms with Crippen LogP contribution in [0.2, 0.25) is 0 Å². The third-order valence-electron chi connectivity index (χ3n) is 3.81. The van der Waals surface area contributed by atoms with Crippen LogP contribution in [0.25, 0.3) is 10.9 Å². The lowest BCUT2D eigenvalue weighted by Crippen LogP contribution is -2.16. The minimum atomic E-state index is 0.506. The van der Waals surface area contributed by atoms with Gasteiger partial charge in [0.15, 0.2) is 0 Å². The lowest BCUT2D eigenvalue weighted by Gasteiger charge is -2.12. The van der Waals surface area contributed by atoms with Crippen molar-refractivity contribution in [3.8, 4) is 0 Å². The fourth-order valence-electron chi connectivity index (χ4n) is 2.84. The summed E-state index contributed by atoms with van der Waals surface area (Å²) in [6.45, 7) is 3.37. The average Bonchev–Trinajstić information content (AvgIpc) is 2.96. The van der Waals surface area contributed by atoms with E-state index in [9.17, 15) is 4.91 Å². The van der Waals surface area contributed by atoms with Crippen molar-refractivity contribution < 1.29 is 0 Å². The van der Waals surface area contributed by atoms with E-state index in [0.29, 0.717) is 11.6 Å². The molecule has 0 aliphatic carbocycles. The Balaban J connectivity index is 1.89. The Kier molecular flexibility index (Phi) is 2.88. The fourth-order valence-corrected chi connectivity index (χ4v) is 2.84. The molecule has 0 bridgehead atoms. The molecule has 1 aromatic heterocycles. The molecule has 4 nitrogen and oxygen atoms in total. The van der Waals surface area contributed by atoms with Crippen molar-refractivity contribution in [1.29, 1.82) is 0 Å². The molecule has 1 atom stereocenters. The first-order valence-corrected chi connectivity index (χ1v) is 6.37. The van der Waals surface area contributed by atoms with Gasteiger partial charge in [-0.15, -0.1) is 4.91 Å². The third kappa shape index (κ3) is 2.04. The Hall–Kier alpha value is -1.68. The average molecular weight is 243 g/mol. The van der Waals surface area contributed by atoms with Gasteiger partial charge < -0.3 is 9.47 Å². The molecule has 1 unspecified atom stereocenters. The first-order valence-electron chi connectivity index (χ1n) is 6.37. The van der Waals surface area contributed by atoms with E-state index in [-0.39, 0.29) is 0 Å². The molecule has 0 amide bonds. The number of rotatable bonds is 3. The number of nitrogens with zero attached hydrogens (tertiary/aromatic N) is 3. The van der Waals surface area contributed by atoms with Crippen LogP contribution >= 0.6 is 0 Å². The highest BCUT2D eigenvalue weighted by Crippen LogP contribution is 2.24. The highest BCUT2D eigenvalue weighted by atomic mass is 16.3. The minimum absolute atomic E-state index is 0.506. The van der Waals surface area contributed by atoms with Gasteiger partial charge >= 0.3 is 0 Å². The second-order valence-corrected chi connectivity index (χ2v) is 5.22. The topological polar surface area (TPSA) is 37.6 Å². The summed E-state index contributed by atoms with van der Waals surface area (Å²) < 4.78 is 2.24. The van der Waals surface area contributed by atoms with Crippen LogP contribution in [0.15, 0.2) is 35.6 Å². The van der Waals surface area contributed by atoms with Gasteiger partial charge in [0.25, 0.3) is 0 Å². The van der Waals surface area contributed by atoms with Gasteiger partial charge in [0.2, 0.25) is 0 Å². The summed E-state index contributed by atoms with van der Waals surface area (Å²) in [7, 11) is 2.17. The fraction of sp³-hybridized carbons (Fsp3) is 0.429. The van der Waals surface area contributed by atoms with Crippen LogP contribution in [0.1, 0.15) is 6.42 Å². The molecule has 4 heteroatoms. The van der Waals surface area contributed by atoms with Gasteiger partial charge in [0.1, 0.15) is 5.69 Å². The summed E-state index contributed by atoms with van der Waals surface area (Å²) >= 11 is 0. The van der Waals surface area contributed by atoms with Crippen molar-refractivity contribution >= 4 is 16.6 Å². The van der Waals surface area contributed by atoms with Crippen LogP contribution in [0.5, 0.6) is 0 Å². The number of hydrogen-bond acceptors (Lipinski definition) is 3.